The van der Waals surface area contributed by atoms with E-state index in [2.05, 4.69) is 15.7 Å². The smallest absolute Gasteiger partial charge is 0.413 e. The summed E-state index contributed by atoms with van der Waals surface area (Å²) in [6, 6.07) is 0.0292. The molecule has 0 radical (unpaired) electrons. The Morgan fingerprint density at radius 2 is 2.07 bits per heavy atom. The van der Waals surface area contributed by atoms with Gasteiger partial charge in [-0.15, -0.1) is 5.10 Å². The third-order valence-corrected chi connectivity index (χ3v) is 4.44. The van der Waals surface area contributed by atoms with Gasteiger partial charge < -0.3 is 15.2 Å². The number of hydrogen-bond acceptors (Lipinski definition) is 6. The molecular formula is C17H21N5O5. The molecular weight excluding hydrogens is 354 g/mol. The number of hydrogen-bond donors (Lipinski definition) is 3. The molecule has 0 unspecified atom stereocenters. The Balaban J connectivity index is 1.98. The van der Waals surface area contributed by atoms with E-state index < -0.39 is 23.4 Å². The first-order valence-corrected chi connectivity index (χ1v) is 8.78. The molecule has 10 heteroatoms. The van der Waals surface area contributed by atoms with Crippen molar-refractivity contribution in [2.24, 2.45) is 5.41 Å². The molecule has 0 atom stereocenters. The molecule has 3 N–H and O–H groups in total. The van der Waals surface area contributed by atoms with Crippen LogP contribution in [0.4, 0.5) is 10.6 Å². The molecule has 0 bridgehead atoms. The van der Waals surface area contributed by atoms with Gasteiger partial charge in [0.1, 0.15) is 6.61 Å². The highest BCUT2D eigenvalue weighted by Crippen LogP contribution is 2.31. The van der Waals surface area contributed by atoms with Gasteiger partial charge >= 0.3 is 6.09 Å². The molecule has 2 aromatic rings. The summed E-state index contributed by atoms with van der Waals surface area (Å²) in [7, 11) is 0. The molecule has 2 aliphatic rings. The number of amides is 2. The maximum absolute atomic E-state index is 12.9. The van der Waals surface area contributed by atoms with E-state index in [1.807, 2.05) is 20.8 Å². The number of ether oxygens (including phenoxy) is 1. The van der Waals surface area contributed by atoms with E-state index in [0.717, 1.165) is 17.4 Å². The summed E-state index contributed by atoms with van der Waals surface area (Å²) in [5, 5.41) is 20.2. The molecule has 2 aromatic heterocycles. The number of nitrogens with one attached hydrogen (secondary N) is 2. The zero-order valence-electron chi connectivity index (χ0n) is 15.3. The van der Waals surface area contributed by atoms with Crippen molar-refractivity contribution in [2.45, 2.75) is 52.8 Å². The van der Waals surface area contributed by atoms with E-state index >= 15 is 0 Å². The average Bonchev–Trinajstić information content (AvgIpc) is 3.28. The zero-order valence-corrected chi connectivity index (χ0v) is 15.3. The van der Waals surface area contributed by atoms with Crippen LogP contribution in [0.15, 0.2) is 4.79 Å². The second-order valence-electron chi connectivity index (χ2n) is 8.16. The van der Waals surface area contributed by atoms with E-state index in [0.29, 0.717) is 17.8 Å². The molecule has 1 saturated carbocycles. The summed E-state index contributed by atoms with van der Waals surface area (Å²) in [4.78, 5) is 37.0. The molecule has 1 aliphatic heterocycles. The molecule has 10 nitrogen and oxygen atoms in total. The number of aromatic nitrogens is 3. The maximum Gasteiger partial charge on any atom is 0.413 e. The van der Waals surface area contributed by atoms with Gasteiger partial charge in [-0.2, -0.15) is 4.52 Å². The highest BCUT2D eigenvalue weighted by atomic mass is 16.5. The van der Waals surface area contributed by atoms with Crippen LogP contribution < -0.4 is 16.2 Å². The van der Waals surface area contributed by atoms with Crippen LogP contribution in [0.5, 0.6) is 5.88 Å². The fourth-order valence-electron chi connectivity index (χ4n) is 3.11. The second kappa shape index (κ2) is 5.73. The highest BCUT2D eigenvalue weighted by Gasteiger charge is 2.33. The van der Waals surface area contributed by atoms with E-state index in [1.54, 1.807) is 0 Å². The van der Waals surface area contributed by atoms with Gasteiger partial charge in [0.05, 0.1) is 5.56 Å². The largest absolute Gasteiger partial charge is 0.494 e. The predicted octanol–water partition coefficient (Wildman–Crippen LogP) is 1.20. The fraction of sp³-hybridized carbons (Fsp3) is 0.529. The lowest BCUT2D eigenvalue weighted by Crippen LogP contribution is -2.35. The van der Waals surface area contributed by atoms with Gasteiger partial charge in [-0.3, -0.25) is 19.5 Å². The SMILES string of the molecule is CC(C)(C)Cn1c(O)c(C(=O)NC2CC2)c(=O)n2nc3c(c12)COC(=O)N3. The van der Waals surface area contributed by atoms with Crippen molar-refractivity contribution in [2.75, 3.05) is 5.32 Å². The van der Waals surface area contributed by atoms with Gasteiger partial charge in [0, 0.05) is 12.6 Å². The lowest BCUT2D eigenvalue weighted by molar-refractivity contribution is 0.0944. The normalized spacial score (nSPS) is 16.6. The van der Waals surface area contributed by atoms with Gasteiger partial charge in [0.2, 0.25) is 5.88 Å². The third-order valence-electron chi connectivity index (χ3n) is 4.44. The summed E-state index contributed by atoms with van der Waals surface area (Å²) < 4.78 is 7.53. The lowest BCUT2D eigenvalue weighted by atomic mass is 9.96. The molecule has 0 spiro atoms. The second-order valence-corrected chi connectivity index (χ2v) is 8.16. The Labute approximate surface area is 154 Å². The molecule has 0 aromatic carbocycles. The predicted molar refractivity (Wildman–Crippen MR) is 94.9 cm³/mol. The summed E-state index contributed by atoms with van der Waals surface area (Å²) in [5.41, 5.74) is -0.598. The van der Waals surface area contributed by atoms with Crippen LogP contribution in [-0.2, 0) is 17.9 Å². The van der Waals surface area contributed by atoms with Crippen molar-refractivity contribution >= 4 is 23.5 Å². The summed E-state index contributed by atoms with van der Waals surface area (Å²) in [6.45, 7) is 6.13. The number of aromatic hydroxyl groups is 1. The number of anilines is 1. The number of carbonyl (C=O) groups excluding carboxylic acids is 2. The minimum atomic E-state index is -0.741. The van der Waals surface area contributed by atoms with Gasteiger partial charge in [-0.1, -0.05) is 20.8 Å². The van der Waals surface area contributed by atoms with Gasteiger partial charge in [0.25, 0.3) is 11.5 Å². The summed E-state index contributed by atoms with van der Waals surface area (Å²) in [6.07, 6.45) is 1.03. The monoisotopic (exact) mass is 375 g/mol. The summed E-state index contributed by atoms with van der Waals surface area (Å²) in [5.74, 6) is -0.858. The molecule has 1 fully saturated rings. The highest BCUT2D eigenvalue weighted by molar-refractivity contribution is 5.97. The molecule has 2 amide bonds. The van der Waals surface area contributed by atoms with Crippen LogP contribution in [0.25, 0.3) is 5.65 Å². The van der Waals surface area contributed by atoms with Crippen LogP contribution in [0.2, 0.25) is 0 Å². The molecule has 0 saturated heterocycles. The maximum atomic E-state index is 12.9. The minimum absolute atomic E-state index is 0.0292. The Kier molecular flexibility index (Phi) is 3.69. The molecule has 3 heterocycles. The third kappa shape index (κ3) is 3.00. The Hall–Kier alpha value is -3.04. The van der Waals surface area contributed by atoms with Crippen molar-refractivity contribution in [1.29, 1.82) is 0 Å². The van der Waals surface area contributed by atoms with Gasteiger partial charge in [-0.25, -0.2) is 4.79 Å². The quantitative estimate of drug-likeness (QED) is 0.740. The van der Waals surface area contributed by atoms with Crippen molar-refractivity contribution in [1.82, 2.24) is 19.5 Å². The van der Waals surface area contributed by atoms with Crippen LogP contribution >= 0.6 is 0 Å². The fourth-order valence-corrected chi connectivity index (χ4v) is 3.11. The van der Waals surface area contributed by atoms with E-state index in [4.69, 9.17) is 4.74 Å². The number of nitrogens with zero attached hydrogens (tertiary/aromatic N) is 3. The van der Waals surface area contributed by atoms with Crippen molar-refractivity contribution in [3.63, 3.8) is 0 Å². The van der Waals surface area contributed by atoms with Crippen LogP contribution in [-0.4, -0.2) is 37.3 Å². The first-order chi connectivity index (χ1) is 12.7. The number of rotatable bonds is 3. The number of fused-ring (bicyclic) bond motifs is 3. The average molecular weight is 375 g/mol. The minimum Gasteiger partial charge on any atom is -0.494 e. The Morgan fingerprint density at radius 3 is 2.70 bits per heavy atom. The molecule has 4 rings (SSSR count). The van der Waals surface area contributed by atoms with Gasteiger partial charge in [0.15, 0.2) is 17.0 Å². The van der Waals surface area contributed by atoms with Crippen molar-refractivity contribution in [3.05, 3.63) is 21.5 Å². The van der Waals surface area contributed by atoms with Crippen LogP contribution in [0.3, 0.4) is 0 Å². The van der Waals surface area contributed by atoms with Crippen LogP contribution in [0, 0.1) is 5.41 Å². The van der Waals surface area contributed by atoms with Crippen molar-refractivity contribution in [3.8, 4) is 5.88 Å². The molecule has 1 aliphatic carbocycles. The Bertz CT molecular complexity index is 1030. The number of cyclic esters (lactones) is 1. The standard InChI is InChI=1S/C17H21N5O5/c1-17(2,3)7-21-13-9-6-27-16(26)19-11(9)20-22(13)15(25)10(14(21)24)12(23)18-8-4-5-8/h8,24H,4-7H2,1-3H3,(H,18,23)(H,19,20,26). The van der Waals surface area contributed by atoms with Crippen molar-refractivity contribution < 1.29 is 19.4 Å². The lowest BCUT2D eigenvalue weighted by Gasteiger charge is -2.24. The van der Waals surface area contributed by atoms with E-state index in [-0.39, 0.29) is 29.4 Å². The molecule has 27 heavy (non-hydrogen) atoms. The number of carbonyl (C=O) groups is 2. The summed E-state index contributed by atoms with van der Waals surface area (Å²) >= 11 is 0. The Morgan fingerprint density at radius 1 is 1.37 bits per heavy atom. The first-order valence-electron chi connectivity index (χ1n) is 8.78. The first kappa shape index (κ1) is 17.4. The van der Waals surface area contributed by atoms with E-state index in [9.17, 15) is 19.5 Å². The zero-order chi connectivity index (χ0) is 19.5. The van der Waals surface area contributed by atoms with Crippen LogP contribution in [0.1, 0.15) is 49.5 Å². The van der Waals surface area contributed by atoms with E-state index in [1.165, 1.54) is 4.57 Å². The molecule has 144 valence electrons. The topological polar surface area (TPSA) is 127 Å². The van der Waals surface area contributed by atoms with Gasteiger partial charge in [-0.05, 0) is 18.3 Å².